The first-order valence-corrected chi connectivity index (χ1v) is 8.48. The first kappa shape index (κ1) is 16.0. The first-order valence-electron chi connectivity index (χ1n) is 5.87. The molecule has 0 amide bonds. The number of benzene rings is 1. The molecule has 1 fully saturated rings. The summed E-state index contributed by atoms with van der Waals surface area (Å²) in [5.74, 6) is -0.972. The molecule has 0 unspecified atom stereocenters. The largest absolute Gasteiger partial charge is 0.395 e. The van der Waals surface area contributed by atoms with Crippen LogP contribution in [0.4, 0.5) is 10.1 Å². The Kier molecular flexibility index (Phi) is 4.60. The zero-order valence-electron chi connectivity index (χ0n) is 10.7. The number of anilines is 1. The van der Waals surface area contributed by atoms with Gasteiger partial charge in [0.15, 0.2) is 5.82 Å². The van der Waals surface area contributed by atoms with Crippen LogP contribution in [0, 0.1) is 5.82 Å². The van der Waals surface area contributed by atoms with Crippen LogP contribution >= 0.6 is 27.5 Å². The Hall–Kier alpha value is -0.410. The van der Waals surface area contributed by atoms with Crippen LogP contribution in [-0.2, 0) is 10.0 Å². The number of nitrogens with zero attached hydrogens (tertiary/aromatic N) is 2. The minimum Gasteiger partial charge on any atom is -0.395 e. The van der Waals surface area contributed by atoms with Gasteiger partial charge < -0.3 is 10.6 Å². The molecule has 0 spiro atoms. The minimum atomic E-state index is -3.93. The summed E-state index contributed by atoms with van der Waals surface area (Å²) in [4.78, 5) is 1.53. The van der Waals surface area contributed by atoms with Crippen molar-refractivity contribution < 1.29 is 12.8 Å². The predicted octanol–water partition coefficient (Wildman–Crippen LogP) is 1.76. The molecule has 0 bridgehead atoms. The average molecular weight is 387 g/mol. The van der Waals surface area contributed by atoms with Gasteiger partial charge in [0, 0.05) is 26.2 Å². The van der Waals surface area contributed by atoms with Crippen LogP contribution in [0.25, 0.3) is 0 Å². The van der Waals surface area contributed by atoms with Gasteiger partial charge in [-0.3, -0.25) is 0 Å². The molecule has 1 aromatic carbocycles. The number of nitrogens with two attached hydrogens (primary N) is 1. The first-order chi connectivity index (χ1) is 9.25. The smallest absolute Gasteiger partial charge is 0.246 e. The molecule has 20 heavy (non-hydrogen) atoms. The lowest BCUT2D eigenvalue weighted by molar-refractivity contribution is 0.222. The summed E-state index contributed by atoms with van der Waals surface area (Å²) in [6.07, 6.45) is 0. The summed E-state index contributed by atoms with van der Waals surface area (Å²) < 4.78 is 40.5. The lowest BCUT2D eigenvalue weighted by atomic mass is 10.3. The van der Waals surface area contributed by atoms with E-state index in [9.17, 15) is 12.8 Å². The van der Waals surface area contributed by atoms with Gasteiger partial charge in [-0.2, -0.15) is 4.31 Å². The van der Waals surface area contributed by atoms with Gasteiger partial charge >= 0.3 is 0 Å². The SMILES string of the molecule is CN1CCN(S(=O)(=O)c2cc(Cl)c(Br)c(N)c2F)CC1. The lowest BCUT2D eigenvalue weighted by Crippen LogP contribution is -2.47. The number of halogens is 3. The Morgan fingerprint density at radius 2 is 1.90 bits per heavy atom. The van der Waals surface area contributed by atoms with Crippen molar-refractivity contribution in [1.82, 2.24) is 9.21 Å². The van der Waals surface area contributed by atoms with E-state index in [1.807, 2.05) is 11.9 Å². The highest BCUT2D eigenvalue weighted by Crippen LogP contribution is 2.35. The number of nitrogen functional groups attached to an aromatic ring is 1. The molecule has 2 rings (SSSR count). The van der Waals surface area contributed by atoms with E-state index in [2.05, 4.69) is 15.9 Å². The van der Waals surface area contributed by atoms with Crippen LogP contribution < -0.4 is 5.73 Å². The maximum atomic E-state index is 14.1. The molecule has 0 atom stereocenters. The summed E-state index contributed by atoms with van der Waals surface area (Å²) >= 11 is 8.90. The van der Waals surface area contributed by atoms with Crippen LogP contribution in [0.5, 0.6) is 0 Å². The van der Waals surface area contributed by atoms with Crippen LogP contribution in [0.1, 0.15) is 0 Å². The molecule has 1 heterocycles. The second kappa shape index (κ2) is 5.76. The molecule has 0 radical (unpaired) electrons. The minimum absolute atomic E-state index is 0.0663. The molecule has 1 aliphatic rings. The van der Waals surface area contributed by atoms with E-state index in [0.717, 1.165) is 6.07 Å². The van der Waals surface area contributed by atoms with E-state index < -0.39 is 20.7 Å². The molecule has 1 aliphatic heterocycles. The molecule has 1 saturated heterocycles. The second-order valence-corrected chi connectivity index (χ2v) is 7.71. The van der Waals surface area contributed by atoms with Crippen LogP contribution in [-0.4, -0.2) is 50.8 Å². The molecule has 2 N–H and O–H groups in total. The van der Waals surface area contributed by atoms with Crippen molar-refractivity contribution in [3.63, 3.8) is 0 Å². The van der Waals surface area contributed by atoms with Gasteiger partial charge in [0.2, 0.25) is 10.0 Å². The van der Waals surface area contributed by atoms with E-state index in [1.165, 1.54) is 4.31 Å². The van der Waals surface area contributed by atoms with Gasteiger partial charge in [-0.1, -0.05) is 11.6 Å². The summed E-state index contributed by atoms with van der Waals surface area (Å²) in [6, 6.07) is 1.09. The maximum Gasteiger partial charge on any atom is 0.246 e. The van der Waals surface area contributed by atoms with Crippen molar-refractivity contribution in [2.24, 2.45) is 0 Å². The van der Waals surface area contributed by atoms with Crippen LogP contribution in [0.2, 0.25) is 5.02 Å². The zero-order chi connectivity index (χ0) is 15.1. The standard InChI is InChI=1S/C11H14BrClFN3O2S/c1-16-2-4-17(5-3-16)20(18,19)8-6-7(13)9(12)11(15)10(8)14/h6H,2-5,15H2,1H3. The number of likely N-dealkylation sites (N-methyl/N-ethyl adjacent to an activating group) is 1. The third-order valence-corrected chi connectivity index (χ3v) is 6.52. The molecule has 9 heteroatoms. The summed E-state index contributed by atoms with van der Waals surface area (Å²) in [7, 11) is -2.03. The number of sulfonamides is 1. The molecule has 0 aromatic heterocycles. The number of hydrogen-bond acceptors (Lipinski definition) is 4. The molecular weight excluding hydrogens is 373 g/mol. The highest BCUT2D eigenvalue weighted by atomic mass is 79.9. The van der Waals surface area contributed by atoms with E-state index in [1.54, 1.807) is 0 Å². The molecule has 0 aliphatic carbocycles. The maximum absolute atomic E-state index is 14.1. The van der Waals surface area contributed by atoms with Crippen molar-refractivity contribution in [2.45, 2.75) is 4.90 Å². The highest BCUT2D eigenvalue weighted by molar-refractivity contribution is 9.10. The summed E-state index contributed by atoms with van der Waals surface area (Å²) in [5, 5.41) is 0.0663. The fraction of sp³-hybridized carbons (Fsp3) is 0.455. The van der Waals surface area contributed by atoms with Crippen LogP contribution in [0.15, 0.2) is 15.4 Å². The molecule has 0 saturated carbocycles. The van der Waals surface area contributed by atoms with Gasteiger partial charge in [-0.15, -0.1) is 0 Å². The topological polar surface area (TPSA) is 66.6 Å². The Balaban J connectivity index is 2.45. The summed E-state index contributed by atoms with van der Waals surface area (Å²) in [5.41, 5.74) is 5.23. The molecule has 5 nitrogen and oxygen atoms in total. The van der Waals surface area contributed by atoms with Gasteiger partial charge in [-0.05, 0) is 29.0 Å². The fourth-order valence-corrected chi connectivity index (χ4v) is 4.04. The fourth-order valence-electron chi connectivity index (χ4n) is 1.95. The Morgan fingerprint density at radius 1 is 1.35 bits per heavy atom. The van der Waals surface area contributed by atoms with Gasteiger partial charge in [-0.25, -0.2) is 12.8 Å². The monoisotopic (exact) mass is 385 g/mol. The zero-order valence-corrected chi connectivity index (χ0v) is 13.9. The number of piperazine rings is 1. The normalized spacial score (nSPS) is 18.4. The van der Waals surface area contributed by atoms with Crippen molar-refractivity contribution in [1.29, 1.82) is 0 Å². The Labute approximate surface area is 130 Å². The van der Waals surface area contributed by atoms with Crippen molar-refractivity contribution in [3.05, 3.63) is 21.4 Å². The summed E-state index contributed by atoms with van der Waals surface area (Å²) in [6.45, 7) is 1.82. The quantitative estimate of drug-likeness (QED) is 0.621. The van der Waals surface area contributed by atoms with E-state index >= 15 is 0 Å². The van der Waals surface area contributed by atoms with Crippen LogP contribution in [0.3, 0.4) is 0 Å². The lowest BCUT2D eigenvalue weighted by Gasteiger charge is -2.31. The van der Waals surface area contributed by atoms with Crippen molar-refractivity contribution in [2.75, 3.05) is 39.0 Å². The van der Waals surface area contributed by atoms with E-state index in [4.69, 9.17) is 17.3 Å². The molecule has 112 valence electrons. The average Bonchev–Trinajstić information content (AvgIpc) is 2.41. The highest BCUT2D eigenvalue weighted by Gasteiger charge is 2.31. The number of hydrogen-bond donors (Lipinski definition) is 1. The van der Waals surface area contributed by atoms with E-state index in [-0.39, 0.29) is 15.2 Å². The predicted molar refractivity (Wildman–Crippen MR) is 79.8 cm³/mol. The molecule has 1 aromatic rings. The van der Waals surface area contributed by atoms with Crippen molar-refractivity contribution in [3.8, 4) is 0 Å². The van der Waals surface area contributed by atoms with Gasteiger partial charge in [0.1, 0.15) is 4.90 Å². The third-order valence-electron chi connectivity index (χ3n) is 3.24. The van der Waals surface area contributed by atoms with E-state index in [0.29, 0.717) is 26.2 Å². The Bertz CT molecular complexity index is 633. The van der Waals surface area contributed by atoms with Gasteiger partial charge in [0.05, 0.1) is 15.2 Å². The Morgan fingerprint density at radius 3 is 2.45 bits per heavy atom. The van der Waals surface area contributed by atoms with Gasteiger partial charge in [0.25, 0.3) is 0 Å². The molecular formula is C11H14BrClFN3O2S. The second-order valence-electron chi connectivity index (χ2n) is 4.61. The third kappa shape index (κ3) is 2.80. The van der Waals surface area contributed by atoms with Crippen molar-refractivity contribution >= 4 is 43.2 Å². The number of rotatable bonds is 2.